The molecule has 0 aromatic heterocycles. The fraction of sp³-hybridized carbons (Fsp3) is 0.250. The van der Waals surface area contributed by atoms with Crippen LogP contribution in [-0.4, -0.2) is 5.11 Å². The molecule has 3 aromatic carbocycles. The van der Waals surface area contributed by atoms with Crippen LogP contribution in [0.5, 0.6) is 11.5 Å². The molecule has 3 rings (SSSR count). The Hall–Kier alpha value is -3.30. The van der Waals surface area contributed by atoms with Gasteiger partial charge >= 0.3 is 6.11 Å². The zero-order valence-corrected chi connectivity index (χ0v) is 17.7. The second-order valence-electron chi connectivity index (χ2n) is 7.53. The number of aryl methyl sites for hydroxylation is 1. The largest absolute Gasteiger partial charge is 0.507 e. The molecule has 182 valence electrons. The number of alkyl halides is 2. The maximum Gasteiger partial charge on any atom is 0.432 e. The predicted octanol–water partition coefficient (Wildman–Crippen LogP) is 7.75. The van der Waals surface area contributed by atoms with Gasteiger partial charge in [-0.2, -0.15) is 8.78 Å². The summed E-state index contributed by atoms with van der Waals surface area (Å²) in [6, 6.07) is 3.76. The maximum atomic E-state index is 15.1. The van der Waals surface area contributed by atoms with Crippen molar-refractivity contribution < 1.29 is 45.0 Å². The number of benzene rings is 3. The molecule has 0 amide bonds. The number of aromatic hydroxyl groups is 1. The van der Waals surface area contributed by atoms with Crippen LogP contribution >= 0.6 is 0 Å². The summed E-state index contributed by atoms with van der Waals surface area (Å²) in [6.07, 6.45) is -1.82. The second-order valence-corrected chi connectivity index (χ2v) is 7.53. The van der Waals surface area contributed by atoms with Gasteiger partial charge in [0.25, 0.3) is 0 Å². The molecule has 0 aliphatic carbocycles. The van der Waals surface area contributed by atoms with Crippen LogP contribution in [0.1, 0.15) is 37.3 Å². The van der Waals surface area contributed by atoms with Crippen molar-refractivity contribution >= 4 is 0 Å². The highest BCUT2D eigenvalue weighted by Gasteiger charge is 2.43. The van der Waals surface area contributed by atoms with E-state index in [0.717, 1.165) is 31.4 Å². The van der Waals surface area contributed by atoms with Crippen molar-refractivity contribution in [2.45, 2.75) is 38.7 Å². The summed E-state index contributed by atoms with van der Waals surface area (Å²) in [5.74, 6) is -13.2. The maximum absolute atomic E-state index is 15.1. The first kappa shape index (κ1) is 25.3. The van der Waals surface area contributed by atoms with Crippen molar-refractivity contribution in [2.75, 3.05) is 0 Å². The van der Waals surface area contributed by atoms with Gasteiger partial charge in [-0.3, -0.25) is 0 Å². The van der Waals surface area contributed by atoms with Crippen LogP contribution in [0.3, 0.4) is 0 Å². The van der Waals surface area contributed by atoms with E-state index in [9.17, 15) is 35.8 Å². The van der Waals surface area contributed by atoms with E-state index in [-0.39, 0.29) is 18.2 Å². The van der Waals surface area contributed by atoms with Gasteiger partial charge in [-0.15, -0.1) is 0 Å². The Morgan fingerprint density at radius 3 is 2.03 bits per heavy atom. The molecule has 2 nitrogen and oxygen atoms in total. The van der Waals surface area contributed by atoms with Gasteiger partial charge in [-0.05, 0) is 24.5 Å². The molecule has 0 atom stereocenters. The molecular weight excluding hydrogens is 472 g/mol. The molecule has 0 aliphatic rings. The fourth-order valence-electron chi connectivity index (χ4n) is 3.42. The van der Waals surface area contributed by atoms with Crippen LogP contribution in [-0.2, 0) is 12.5 Å². The Bertz CT molecular complexity index is 1190. The molecule has 0 saturated heterocycles. The molecule has 0 heterocycles. The average Bonchev–Trinajstić information content (AvgIpc) is 2.72. The summed E-state index contributed by atoms with van der Waals surface area (Å²) in [5, 5.41) is 10.0. The van der Waals surface area contributed by atoms with Crippen LogP contribution in [0.15, 0.2) is 36.4 Å². The molecule has 0 aliphatic heterocycles. The lowest BCUT2D eigenvalue weighted by molar-refractivity contribution is -0.189. The smallest absolute Gasteiger partial charge is 0.432 e. The van der Waals surface area contributed by atoms with Gasteiger partial charge in [-0.25, -0.2) is 26.3 Å². The second kappa shape index (κ2) is 9.90. The topological polar surface area (TPSA) is 29.5 Å². The van der Waals surface area contributed by atoms with Crippen molar-refractivity contribution in [3.63, 3.8) is 0 Å². The molecule has 0 radical (unpaired) electrons. The molecule has 0 saturated carbocycles. The molecule has 0 spiro atoms. The van der Waals surface area contributed by atoms with Gasteiger partial charge in [-0.1, -0.05) is 31.9 Å². The number of hydrogen-bond acceptors (Lipinski definition) is 2. The summed E-state index contributed by atoms with van der Waals surface area (Å²) in [7, 11) is 0. The summed E-state index contributed by atoms with van der Waals surface area (Å²) in [4.78, 5) is 0. The molecular formula is C24H18F8O2. The SMILES string of the molecule is CCCCCc1ccc(-c2c(O)cc(F)c(C(F)(F)Oc3cc(F)c(F)c(F)c3)c2F)c(F)c1. The van der Waals surface area contributed by atoms with E-state index in [2.05, 4.69) is 4.74 Å². The molecule has 0 bridgehead atoms. The lowest BCUT2D eigenvalue weighted by Crippen LogP contribution is -2.26. The minimum atomic E-state index is -4.89. The summed E-state index contributed by atoms with van der Waals surface area (Å²) < 4.78 is 117. The van der Waals surface area contributed by atoms with E-state index in [4.69, 9.17) is 0 Å². The van der Waals surface area contributed by atoms with Gasteiger partial charge in [0.05, 0.1) is 5.56 Å². The number of halogens is 8. The highest BCUT2D eigenvalue weighted by Crippen LogP contribution is 2.43. The number of phenolic OH excluding ortho intramolecular Hbond substituents is 1. The normalized spacial score (nSPS) is 11.7. The number of rotatable bonds is 8. The highest BCUT2D eigenvalue weighted by molar-refractivity contribution is 5.73. The standard InChI is InChI=1S/C24H18F8O2/c1-2-3-4-5-12-6-7-14(15(25)8-12)20-19(33)11-16(26)21(23(20)30)24(31,32)34-13-9-17(27)22(29)18(28)10-13/h6-11,33H,2-5H2,1H3. The first-order valence-electron chi connectivity index (χ1n) is 10.2. The lowest BCUT2D eigenvalue weighted by atomic mass is 9.97. The zero-order chi connectivity index (χ0) is 25.2. The quantitative estimate of drug-likeness (QED) is 0.199. The van der Waals surface area contributed by atoms with Crippen molar-refractivity contribution in [2.24, 2.45) is 0 Å². The third kappa shape index (κ3) is 5.10. The van der Waals surface area contributed by atoms with Crippen LogP contribution in [0.25, 0.3) is 11.1 Å². The van der Waals surface area contributed by atoms with Crippen molar-refractivity contribution in [1.29, 1.82) is 0 Å². The Kier molecular flexibility index (Phi) is 7.38. The number of unbranched alkanes of at least 4 members (excludes halogenated alkanes) is 2. The summed E-state index contributed by atoms with van der Waals surface area (Å²) >= 11 is 0. The Morgan fingerprint density at radius 2 is 1.44 bits per heavy atom. The molecule has 3 aromatic rings. The number of phenols is 1. The molecule has 0 unspecified atom stereocenters. The van der Waals surface area contributed by atoms with Crippen LogP contribution in [0.4, 0.5) is 35.1 Å². The first-order chi connectivity index (χ1) is 16.0. The first-order valence-corrected chi connectivity index (χ1v) is 10.2. The van der Waals surface area contributed by atoms with Gasteiger partial charge < -0.3 is 9.84 Å². The van der Waals surface area contributed by atoms with Crippen LogP contribution in [0.2, 0.25) is 0 Å². The Balaban J connectivity index is 2.04. The van der Waals surface area contributed by atoms with Crippen LogP contribution in [0, 0.1) is 34.9 Å². The molecule has 1 N–H and O–H groups in total. The van der Waals surface area contributed by atoms with E-state index in [1.165, 1.54) is 6.07 Å². The molecule has 34 heavy (non-hydrogen) atoms. The van der Waals surface area contributed by atoms with E-state index >= 15 is 4.39 Å². The van der Waals surface area contributed by atoms with Gasteiger partial charge in [0, 0.05) is 23.8 Å². The minimum absolute atomic E-state index is 0.0559. The average molecular weight is 490 g/mol. The van der Waals surface area contributed by atoms with Crippen molar-refractivity contribution in [1.82, 2.24) is 0 Å². The fourth-order valence-corrected chi connectivity index (χ4v) is 3.42. The van der Waals surface area contributed by atoms with Gasteiger partial charge in [0.15, 0.2) is 23.3 Å². The van der Waals surface area contributed by atoms with E-state index in [0.29, 0.717) is 12.0 Å². The lowest BCUT2D eigenvalue weighted by Gasteiger charge is -2.21. The van der Waals surface area contributed by atoms with Crippen molar-refractivity contribution in [3.05, 3.63) is 82.4 Å². The Morgan fingerprint density at radius 1 is 0.794 bits per heavy atom. The third-order valence-electron chi connectivity index (χ3n) is 5.06. The number of hydrogen-bond donors (Lipinski definition) is 1. The third-order valence-corrected chi connectivity index (χ3v) is 5.06. The highest BCUT2D eigenvalue weighted by atomic mass is 19.3. The van der Waals surface area contributed by atoms with E-state index in [1.807, 2.05) is 6.92 Å². The summed E-state index contributed by atoms with van der Waals surface area (Å²) in [6.45, 7) is 1.98. The molecule has 10 heteroatoms. The number of ether oxygens (including phenoxy) is 1. The predicted molar refractivity (Wildman–Crippen MR) is 107 cm³/mol. The summed E-state index contributed by atoms with van der Waals surface area (Å²) in [5.41, 5.74) is -3.18. The van der Waals surface area contributed by atoms with Gasteiger partial charge in [0.2, 0.25) is 0 Å². The van der Waals surface area contributed by atoms with Crippen LogP contribution < -0.4 is 4.74 Å². The van der Waals surface area contributed by atoms with Gasteiger partial charge in [0.1, 0.15) is 28.7 Å². The van der Waals surface area contributed by atoms with E-state index < -0.39 is 69.2 Å². The molecule has 0 fully saturated rings. The van der Waals surface area contributed by atoms with E-state index in [1.54, 1.807) is 0 Å². The monoisotopic (exact) mass is 490 g/mol. The zero-order valence-electron chi connectivity index (χ0n) is 17.7. The Labute approximate surface area is 189 Å². The minimum Gasteiger partial charge on any atom is -0.507 e. The van der Waals surface area contributed by atoms with Crippen molar-refractivity contribution in [3.8, 4) is 22.6 Å².